The van der Waals surface area contributed by atoms with Crippen LogP contribution in [0.25, 0.3) is 11.3 Å². The molecule has 1 saturated heterocycles. The summed E-state index contributed by atoms with van der Waals surface area (Å²) in [5.41, 5.74) is 1.54. The molecule has 1 aromatic carbocycles. The van der Waals surface area contributed by atoms with Gasteiger partial charge in [-0.15, -0.1) is 5.10 Å². The van der Waals surface area contributed by atoms with E-state index in [2.05, 4.69) is 10.3 Å². The number of likely N-dealkylation sites (tertiary alicyclic amines) is 1. The van der Waals surface area contributed by atoms with E-state index < -0.39 is 18.5 Å². The molecule has 128 valence electrons. The van der Waals surface area contributed by atoms with E-state index in [-0.39, 0.29) is 19.0 Å². The number of aromatic nitrogens is 3. The Labute approximate surface area is 137 Å². The average Bonchev–Trinajstić information content (AvgIpc) is 3.16. The Morgan fingerprint density at radius 3 is 2.71 bits per heavy atom. The number of carbonyl (C=O) groups is 1. The maximum absolute atomic E-state index is 12.4. The molecule has 3 rings (SSSR count). The zero-order valence-electron chi connectivity index (χ0n) is 12.9. The molecular formula is C16H17F3N4O. The van der Waals surface area contributed by atoms with Crippen LogP contribution < -0.4 is 0 Å². The number of benzene rings is 1. The highest BCUT2D eigenvalue weighted by atomic mass is 19.4. The molecular weight excluding hydrogens is 321 g/mol. The predicted octanol–water partition coefficient (Wildman–Crippen LogP) is 2.75. The lowest BCUT2D eigenvalue weighted by molar-refractivity contribution is -0.145. The van der Waals surface area contributed by atoms with Crippen molar-refractivity contribution in [3.05, 3.63) is 36.5 Å². The number of amides is 1. The molecule has 24 heavy (non-hydrogen) atoms. The maximum atomic E-state index is 12.4. The first kappa shape index (κ1) is 16.5. The maximum Gasteiger partial charge on any atom is 0.389 e. The van der Waals surface area contributed by atoms with Crippen molar-refractivity contribution < 1.29 is 18.0 Å². The quantitative estimate of drug-likeness (QED) is 0.861. The van der Waals surface area contributed by atoms with Crippen LogP contribution in [0.15, 0.2) is 36.5 Å². The van der Waals surface area contributed by atoms with Crippen molar-refractivity contribution >= 4 is 5.91 Å². The monoisotopic (exact) mass is 338 g/mol. The summed E-state index contributed by atoms with van der Waals surface area (Å²) in [7, 11) is 0. The van der Waals surface area contributed by atoms with E-state index in [0.29, 0.717) is 18.7 Å². The average molecular weight is 338 g/mol. The van der Waals surface area contributed by atoms with Gasteiger partial charge in [-0.3, -0.25) is 4.79 Å². The van der Waals surface area contributed by atoms with Crippen LogP contribution in [-0.4, -0.2) is 45.1 Å². The first-order chi connectivity index (χ1) is 11.4. The second-order valence-electron chi connectivity index (χ2n) is 5.98. The molecule has 1 amide bonds. The summed E-state index contributed by atoms with van der Waals surface area (Å²) in [6.07, 6.45) is -2.97. The van der Waals surface area contributed by atoms with E-state index >= 15 is 0 Å². The molecule has 1 aliphatic rings. The Morgan fingerprint density at radius 2 is 2.00 bits per heavy atom. The molecule has 0 N–H and O–H groups in total. The van der Waals surface area contributed by atoms with Gasteiger partial charge in [0.2, 0.25) is 5.91 Å². The van der Waals surface area contributed by atoms with Gasteiger partial charge in [0.25, 0.3) is 0 Å². The molecule has 5 nitrogen and oxygen atoms in total. The fourth-order valence-electron chi connectivity index (χ4n) is 2.91. The van der Waals surface area contributed by atoms with Crippen LogP contribution in [0.3, 0.4) is 0 Å². The molecule has 0 aliphatic carbocycles. The Bertz CT molecular complexity index is 699. The number of rotatable bonds is 4. The standard InChI is InChI=1S/C16H17F3N4O/c17-16(18,19)8-12-6-7-22(9-12)15(24)11-23-10-14(20-21-23)13-4-2-1-3-5-13/h1-5,10,12H,6-9,11H2. The molecule has 1 aliphatic heterocycles. The van der Waals surface area contributed by atoms with Crippen molar-refractivity contribution in [1.29, 1.82) is 0 Å². The summed E-state index contributed by atoms with van der Waals surface area (Å²) in [6, 6.07) is 9.42. The first-order valence-corrected chi connectivity index (χ1v) is 7.71. The molecule has 2 heterocycles. The molecule has 1 unspecified atom stereocenters. The summed E-state index contributed by atoms with van der Waals surface area (Å²) in [5, 5.41) is 7.94. The van der Waals surface area contributed by atoms with Crippen molar-refractivity contribution in [2.45, 2.75) is 25.6 Å². The predicted molar refractivity (Wildman–Crippen MR) is 80.8 cm³/mol. The SMILES string of the molecule is O=C(Cn1cc(-c2ccccc2)nn1)N1CCC(CC(F)(F)F)C1. The van der Waals surface area contributed by atoms with Crippen LogP contribution >= 0.6 is 0 Å². The van der Waals surface area contributed by atoms with Gasteiger partial charge >= 0.3 is 6.18 Å². The van der Waals surface area contributed by atoms with E-state index in [1.165, 1.54) is 9.58 Å². The Balaban J connectivity index is 1.57. The fraction of sp³-hybridized carbons (Fsp3) is 0.438. The lowest BCUT2D eigenvalue weighted by Gasteiger charge is -2.17. The third kappa shape index (κ3) is 4.12. The number of halogens is 3. The normalized spacial score (nSPS) is 18.1. The molecule has 0 radical (unpaired) electrons. The topological polar surface area (TPSA) is 51.0 Å². The zero-order valence-corrected chi connectivity index (χ0v) is 12.9. The van der Waals surface area contributed by atoms with E-state index in [0.717, 1.165) is 5.56 Å². The Morgan fingerprint density at radius 1 is 1.25 bits per heavy atom. The van der Waals surface area contributed by atoms with Crippen molar-refractivity contribution in [2.75, 3.05) is 13.1 Å². The summed E-state index contributed by atoms with van der Waals surface area (Å²) < 4.78 is 38.7. The molecule has 1 aromatic heterocycles. The van der Waals surface area contributed by atoms with Crippen molar-refractivity contribution in [3.8, 4) is 11.3 Å². The third-order valence-corrected chi connectivity index (χ3v) is 4.06. The van der Waals surface area contributed by atoms with Crippen molar-refractivity contribution in [3.63, 3.8) is 0 Å². The Kier molecular flexibility index (Phi) is 4.55. The van der Waals surface area contributed by atoms with Crippen LogP contribution in [0.5, 0.6) is 0 Å². The van der Waals surface area contributed by atoms with E-state index in [1.807, 2.05) is 30.3 Å². The number of carbonyl (C=O) groups excluding carboxylic acids is 1. The summed E-state index contributed by atoms with van der Waals surface area (Å²) in [5.74, 6) is -0.742. The minimum atomic E-state index is -4.18. The van der Waals surface area contributed by atoms with Crippen molar-refractivity contribution in [2.24, 2.45) is 5.92 Å². The molecule has 8 heteroatoms. The molecule has 1 atom stereocenters. The van der Waals surface area contributed by atoms with E-state index in [9.17, 15) is 18.0 Å². The van der Waals surface area contributed by atoms with Crippen LogP contribution in [0, 0.1) is 5.92 Å². The van der Waals surface area contributed by atoms with Gasteiger partial charge in [0.15, 0.2) is 0 Å². The summed E-state index contributed by atoms with van der Waals surface area (Å²) in [4.78, 5) is 13.7. The van der Waals surface area contributed by atoms with E-state index in [4.69, 9.17) is 0 Å². The number of alkyl halides is 3. The summed E-state index contributed by atoms with van der Waals surface area (Å²) in [6.45, 7) is 0.497. The van der Waals surface area contributed by atoms with Crippen LogP contribution in [0.2, 0.25) is 0 Å². The van der Waals surface area contributed by atoms with Crippen LogP contribution in [0.1, 0.15) is 12.8 Å². The van der Waals surface area contributed by atoms with Gasteiger partial charge in [-0.1, -0.05) is 35.5 Å². The molecule has 0 spiro atoms. The van der Waals surface area contributed by atoms with Gasteiger partial charge in [-0.25, -0.2) is 4.68 Å². The van der Waals surface area contributed by atoms with Gasteiger partial charge < -0.3 is 4.90 Å². The van der Waals surface area contributed by atoms with Gasteiger partial charge in [0.1, 0.15) is 12.2 Å². The fourth-order valence-corrected chi connectivity index (χ4v) is 2.91. The molecule has 2 aromatic rings. The minimum Gasteiger partial charge on any atom is -0.341 e. The number of hydrogen-bond donors (Lipinski definition) is 0. The first-order valence-electron chi connectivity index (χ1n) is 7.71. The highest BCUT2D eigenvalue weighted by Gasteiger charge is 2.36. The Hall–Kier alpha value is -2.38. The van der Waals surface area contributed by atoms with Crippen LogP contribution in [-0.2, 0) is 11.3 Å². The van der Waals surface area contributed by atoms with Gasteiger partial charge in [0, 0.05) is 25.1 Å². The second kappa shape index (κ2) is 6.62. The lowest BCUT2D eigenvalue weighted by Crippen LogP contribution is -2.32. The number of hydrogen-bond acceptors (Lipinski definition) is 3. The van der Waals surface area contributed by atoms with Crippen LogP contribution in [0.4, 0.5) is 13.2 Å². The van der Waals surface area contributed by atoms with E-state index in [1.54, 1.807) is 6.20 Å². The van der Waals surface area contributed by atoms with Gasteiger partial charge in [-0.2, -0.15) is 13.2 Å². The molecule has 0 bridgehead atoms. The third-order valence-electron chi connectivity index (χ3n) is 4.06. The smallest absolute Gasteiger partial charge is 0.341 e. The molecule has 0 saturated carbocycles. The lowest BCUT2D eigenvalue weighted by atomic mass is 10.1. The zero-order chi connectivity index (χ0) is 17.2. The van der Waals surface area contributed by atoms with Gasteiger partial charge in [-0.05, 0) is 12.3 Å². The summed E-state index contributed by atoms with van der Waals surface area (Å²) >= 11 is 0. The minimum absolute atomic E-state index is 0.0153. The largest absolute Gasteiger partial charge is 0.389 e. The molecule has 1 fully saturated rings. The highest BCUT2D eigenvalue weighted by molar-refractivity contribution is 5.76. The number of nitrogens with zero attached hydrogens (tertiary/aromatic N) is 4. The van der Waals surface area contributed by atoms with Gasteiger partial charge in [0.05, 0.1) is 6.20 Å². The van der Waals surface area contributed by atoms with Crippen molar-refractivity contribution in [1.82, 2.24) is 19.9 Å². The highest BCUT2D eigenvalue weighted by Crippen LogP contribution is 2.30. The second-order valence-corrected chi connectivity index (χ2v) is 5.98.